The zero-order chi connectivity index (χ0) is 19.4. The molecule has 0 fully saturated rings. The van der Waals surface area contributed by atoms with Crippen molar-refractivity contribution in [1.29, 1.82) is 0 Å². The molecule has 1 unspecified atom stereocenters. The van der Waals surface area contributed by atoms with Gasteiger partial charge in [-0.05, 0) is 53.5 Å². The third-order valence-electron chi connectivity index (χ3n) is 4.67. The van der Waals surface area contributed by atoms with Gasteiger partial charge >= 0.3 is 6.09 Å². The Kier molecular flexibility index (Phi) is 5.54. The molecule has 0 aliphatic carbocycles. The van der Waals surface area contributed by atoms with Crippen LogP contribution in [-0.2, 0) is 11.2 Å². The number of fused-ring (bicyclic) bond motifs is 1. The van der Waals surface area contributed by atoms with Gasteiger partial charge in [-0.1, -0.05) is 12.1 Å². The average molecular weight is 369 g/mol. The molecule has 1 amide bonds. The number of carbonyl (C=O) groups is 1. The summed E-state index contributed by atoms with van der Waals surface area (Å²) in [5.74, 6) is 2.06. The van der Waals surface area contributed by atoms with Crippen LogP contribution in [0.25, 0.3) is 6.08 Å². The zero-order valence-corrected chi connectivity index (χ0v) is 15.9. The summed E-state index contributed by atoms with van der Waals surface area (Å²) in [6, 6.07) is 11.4. The van der Waals surface area contributed by atoms with E-state index in [9.17, 15) is 4.79 Å². The molecule has 142 valence electrons. The fraction of sp³-hybridized carbons (Fsp3) is 0.286. The van der Waals surface area contributed by atoms with Crippen LogP contribution in [0.4, 0.5) is 4.79 Å². The fourth-order valence-electron chi connectivity index (χ4n) is 3.24. The summed E-state index contributed by atoms with van der Waals surface area (Å²) >= 11 is 0. The van der Waals surface area contributed by atoms with Crippen molar-refractivity contribution in [2.75, 3.05) is 28.4 Å². The number of ether oxygens (including phenoxy) is 4. The quantitative estimate of drug-likeness (QED) is 0.796. The molecule has 2 aromatic rings. The molecule has 6 nitrogen and oxygen atoms in total. The van der Waals surface area contributed by atoms with Gasteiger partial charge in [0.1, 0.15) is 5.75 Å². The number of methoxy groups -OCH3 is 4. The maximum Gasteiger partial charge on any atom is 0.414 e. The second-order valence-corrected chi connectivity index (χ2v) is 6.10. The molecule has 0 bridgehead atoms. The van der Waals surface area contributed by atoms with Crippen LogP contribution in [0, 0.1) is 0 Å². The smallest absolute Gasteiger partial charge is 0.414 e. The van der Waals surface area contributed by atoms with Crippen LogP contribution in [0.2, 0.25) is 0 Å². The molecule has 3 rings (SSSR count). The zero-order valence-electron chi connectivity index (χ0n) is 15.9. The fourth-order valence-corrected chi connectivity index (χ4v) is 3.24. The molecule has 1 aliphatic heterocycles. The molecule has 1 aliphatic rings. The lowest BCUT2D eigenvalue weighted by Gasteiger charge is -2.33. The van der Waals surface area contributed by atoms with Crippen LogP contribution in [0.5, 0.6) is 17.2 Å². The predicted molar refractivity (Wildman–Crippen MR) is 102 cm³/mol. The Labute approximate surface area is 158 Å². The van der Waals surface area contributed by atoms with Gasteiger partial charge in [0.15, 0.2) is 11.5 Å². The van der Waals surface area contributed by atoms with Crippen LogP contribution in [0.3, 0.4) is 0 Å². The third-order valence-corrected chi connectivity index (χ3v) is 4.67. The van der Waals surface area contributed by atoms with Crippen LogP contribution in [-0.4, -0.2) is 39.4 Å². The summed E-state index contributed by atoms with van der Waals surface area (Å²) in [6.45, 7) is 0. The van der Waals surface area contributed by atoms with Gasteiger partial charge in [-0.2, -0.15) is 0 Å². The Morgan fingerprint density at radius 1 is 0.963 bits per heavy atom. The number of benzene rings is 2. The highest BCUT2D eigenvalue weighted by Gasteiger charge is 2.30. The first-order chi connectivity index (χ1) is 13.1. The molecule has 0 saturated carbocycles. The van der Waals surface area contributed by atoms with Crippen molar-refractivity contribution in [2.45, 2.75) is 12.5 Å². The Bertz CT molecular complexity index is 844. The number of rotatable bonds is 5. The SMILES string of the molecule is COC(=O)N1C=Cc2cc(OC)c(OC)cc2C1Cc1ccc(OC)cc1. The van der Waals surface area contributed by atoms with Crippen molar-refractivity contribution < 1.29 is 23.7 Å². The Balaban J connectivity index is 2.03. The minimum absolute atomic E-state index is 0.231. The number of amides is 1. The first-order valence-corrected chi connectivity index (χ1v) is 8.54. The summed E-state index contributed by atoms with van der Waals surface area (Å²) in [5.41, 5.74) is 3.02. The number of hydrogen-bond acceptors (Lipinski definition) is 5. The minimum atomic E-state index is -0.412. The maximum atomic E-state index is 12.3. The van der Waals surface area contributed by atoms with E-state index in [1.807, 2.05) is 42.5 Å². The van der Waals surface area contributed by atoms with Crippen molar-refractivity contribution in [3.05, 3.63) is 59.3 Å². The van der Waals surface area contributed by atoms with Crippen molar-refractivity contribution in [3.63, 3.8) is 0 Å². The van der Waals surface area contributed by atoms with E-state index >= 15 is 0 Å². The second-order valence-electron chi connectivity index (χ2n) is 6.10. The summed E-state index contributed by atoms with van der Waals surface area (Å²) < 4.78 is 21.0. The van der Waals surface area contributed by atoms with Crippen LogP contribution < -0.4 is 14.2 Å². The van der Waals surface area contributed by atoms with Gasteiger partial charge < -0.3 is 18.9 Å². The highest BCUT2D eigenvalue weighted by molar-refractivity contribution is 5.74. The van der Waals surface area contributed by atoms with E-state index in [1.54, 1.807) is 32.4 Å². The molecule has 0 spiro atoms. The number of hydrogen-bond donors (Lipinski definition) is 0. The van der Waals surface area contributed by atoms with E-state index < -0.39 is 6.09 Å². The van der Waals surface area contributed by atoms with Crippen molar-refractivity contribution in [2.24, 2.45) is 0 Å². The molecule has 27 heavy (non-hydrogen) atoms. The Morgan fingerprint density at radius 3 is 2.22 bits per heavy atom. The molecule has 2 aromatic carbocycles. The largest absolute Gasteiger partial charge is 0.497 e. The molecule has 0 aromatic heterocycles. The summed E-state index contributed by atoms with van der Waals surface area (Å²) in [4.78, 5) is 13.9. The summed E-state index contributed by atoms with van der Waals surface area (Å²) in [5, 5.41) is 0. The van der Waals surface area contributed by atoms with Crippen molar-refractivity contribution in [3.8, 4) is 17.2 Å². The van der Waals surface area contributed by atoms with Crippen LogP contribution in [0.15, 0.2) is 42.6 Å². The molecular weight excluding hydrogens is 346 g/mol. The van der Waals surface area contributed by atoms with Gasteiger partial charge in [0.2, 0.25) is 0 Å². The van der Waals surface area contributed by atoms with Gasteiger partial charge in [0.25, 0.3) is 0 Å². The number of nitrogens with zero attached hydrogens (tertiary/aromatic N) is 1. The molecule has 1 heterocycles. The summed E-state index contributed by atoms with van der Waals surface area (Å²) in [7, 11) is 6.21. The lowest BCUT2D eigenvalue weighted by Crippen LogP contribution is -2.33. The lowest BCUT2D eigenvalue weighted by molar-refractivity contribution is 0.125. The molecular formula is C21H23NO5. The highest BCUT2D eigenvalue weighted by atomic mass is 16.5. The maximum absolute atomic E-state index is 12.3. The summed E-state index contributed by atoms with van der Waals surface area (Å²) in [6.07, 6.45) is 3.82. The van der Waals surface area contributed by atoms with E-state index in [0.29, 0.717) is 17.9 Å². The standard InChI is InChI=1S/C21H23NO5/c1-24-16-7-5-14(6-8-16)11-18-17-13-20(26-3)19(25-2)12-15(17)9-10-22(18)21(23)27-4/h5-10,12-13,18H,11H2,1-4H3. The van der Waals surface area contributed by atoms with Gasteiger partial charge in [-0.25, -0.2) is 4.79 Å². The first kappa shape index (κ1) is 18.6. The Hall–Kier alpha value is -3.15. The highest BCUT2D eigenvalue weighted by Crippen LogP contribution is 2.40. The predicted octanol–water partition coefficient (Wildman–Crippen LogP) is 4.05. The van der Waals surface area contributed by atoms with Gasteiger partial charge in [0.05, 0.1) is 34.5 Å². The molecule has 6 heteroatoms. The van der Waals surface area contributed by atoms with Crippen LogP contribution >= 0.6 is 0 Å². The third kappa shape index (κ3) is 3.69. The van der Waals surface area contributed by atoms with Crippen molar-refractivity contribution >= 4 is 12.2 Å². The molecule has 0 N–H and O–H groups in total. The topological polar surface area (TPSA) is 57.2 Å². The molecule has 1 atom stereocenters. The monoisotopic (exact) mass is 369 g/mol. The average Bonchev–Trinajstić information content (AvgIpc) is 2.72. The number of carbonyl (C=O) groups excluding carboxylic acids is 1. The minimum Gasteiger partial charge on any atom is -0.497 e. The molecule has 0 radical (unpaired) electrons. The van der Waals surface area contributed by atoms with Crippen LogP contribution in [0.1, 0.15) is 22.7 Å². The van der Waals surface area contributed by atoms with Gasteiger partial charge in [-0.3, -0.25) is 4.90 Å². The van der Waals surface area contributed by atoms with Crippen molar-refractivity contribution in [1.82, 2.24) is 4.90 Å². The molecule has 0 saturated heterocycles. The van der Waals surface area contributed by atoms with Gasteiger partial charge in [0, 0.05) is 6.20 Å². The Morgan fingerprint density at radius 2 is 1.63 bits per heavy atom. The normalized spacial score (nSPS) is 15.1. The van der Waals surface area contributed by atoms with E-state index in [2.05, 4.69) is 0 Å². The van der Waals surface area contributed by atoms with E-state index in [0.717, 1.165) is 22.4 Å². The first-order valence-electron chi connectivity index (χ1n) is 8.54. The van der Waals surface area contributed by atoms with E-state index in [1.165, 1.54) is 7.11 Å². The van der Waals surface area contributed by atoms with E-state index in [-0.39, 0.29) is 6.04 Å². The lowest BCUT2D eigenvalue weighted by atomic mass is 9.91. The van der Waals surface area contributed by atoms with E-state index in [4.69, 9.17) is 18.9 Å². The van der Waals surface area contributed by atoms with Gasteiger partial charge in [-0.15, -0.1) is 0 Å². The second kappa shape index (κ2) is 8.03.